The highest BCUT2D eigenvalue weighted by atomic mass is 16.6. The number of anilines is 1. The molecule has 45 heavy (non-hydrogen) atoms. The molecule has 0 amide bonds. The number of aromatic nitrogens is 4. The van der Waals surface area contributed by atoms with Crippen LogP contribution in [0, 0.1) is 0 Å². The fraction of sp³-hybridized carbons (Fsp3) is 0.242. The smallest absolute Gasteiger partial charge is 0.302 e. The average molecular weight is 612 g/mol. The van der Waals surface area contributed by atoms with Gasteiger partial charge in [0.2, 0.25) is 5.95 Å². The van der Waals surface area contributed by atoms with Crippen molar-refractivity contribution in [2.24, 2.45) is 0 Å². The number of methoxy groups -OCH3 is 1. The number of benzene rings is 3. The molecule has 12 nitrogen and oxygen atoms in total. The van der Waals surface area contributed by atoms with E-state index < -0.39 is 29.1 Å². The molecule has 2 N–H and O–H groups in total. The van der Waals surface area contributed by atoms with Gasteiger partial charge in [-0.05, 0) is 28.8 Å². The molecule has 0 fully saturated rings. The summed E-state index contributed by atoms with van der Waals surface area (Å²) in [5.74, 6) is -0.110. The first-order valence-corrected chi connectivity index (χ1v) is 14.2. The molecule has 0 spiro atoms. The van der Waals surface area contributed by atoms with Crippen molar-refractivity contribution < 1.29 is 28.5 Å². The predicted octanol–water partition coefficient (Wildman–Crippen LogP) is 4.00. The Balaban J connectivity index is 1.56. The minimum absolute atomic E-state index is 0.107. The Morgan fingerprint density at radius 1 is 0.867 bits per heavy atom. The van der Waals surface area contributed by atoms with Crippen molar-refractivity contribution in [1.82, 2.24) is 19.5 Å². The molecule has 2 heterocycles. The van der Waals surface area contributed by atoms with E-state index in [0.717, 1.165) is 16.7 Å². The number of H-pyrrole nitrogens is 1. The van der Waals surface area contributed by atoms with Crippen LogP contribution in [0.3, 0.4) is 0 Å². The quantitative estimate of drug-likeness (QED) is 0.148. The number of carbonyl (C=O) groups excluding carboxylic acids is 2. The lowest BCUT2D eigenvalue weighted by Crippen LogP contribution is -2.39. The summed E-state index contributed by atoms with van der Waals surface area (Å²) in [4.78, 5) is 47.9. The third kappa shape index (κ3) is 7.02. The van der Waals surface area contributed by atoms with Gasteiger partial charge in [0.1, 0.15) is 37.3 Å². The van der Waals surface area contributed by atoms with Crippen LogP contribution >= 0.6 is 0 Å². The molecule has 5 aromatic rings. The monoisotopic (exact) mass is 611 g/mol. The summed E-state index contributed by atoms with van der Waals surface area (Å²) < 4.78 is 23.0. The fourth-order valence-electron chi connectivity index (χ4n) is 4.97. The summed E-state index contributed by atoms with van der Waals surface area (Å²) in [5, 5.41) is 3.55. The van der Waals surface area contributed by atoms with Gasteiger partial charge in [-0.1, -0.05) is 72.8 Å². The van der Waals surface area contributed by atoms with Gasteiger partial charge in [0.25, 0.3) is 5.56 Å². The Morgan fingerprint density at radius 3 is 1.96 bits per heavy atom. The summed E-state index contributed by atoms with van der Waals surface area (Å²) in [5.41, 5.74) is 1.60. The largest absolute Gasteiger partial charge is 0.497 e. The summed E-state index contributed by atoms with van der Waals surface area (Å²) >= 11 is 0. The lowest BCUT2D eigenvalue weighted by molar-refractivity contribution is -0.154. The molecule has 3 aromatic carbocycles. The highest BCUT2D eigenvalue weighted by Gasteiger charge is 2.37. The Hall–Kier alpha value is -5.49. The molecule has 12 heteroatoms. The second-order valence-electron chi connectivity index (χ2n) is 10.2. The number of esters is 2. The van der Waals surface area contributed by atoms with E-state index in [4.69, 9.17) is 23.9 Å². The van der Waals surface area contributed by atoms with E-state index >= 15 is 0 Å². The van der Waals surface area contributed by atoms with Gasteiger partial charge in [-0.3, -0.25) is 23.9 Å². The molecule has 0 aliphatic carbocycles. The SMILES string of the molecule is COc1ccc(C(Nc2nc3c(ncn3COC(COC(C)=O)COC(C)=O)c(=O)[nH]2)(c2ccccc2)c2ccccc2)cc1. The summed E-state index contributed by atoms with van der Waals surface area (Å²) in [6, 6.07) is 27.4. The minimum Gasteiger partial charge on any atom is -0.497 e. The summed E-state index contributed by atoms with van der Waals surface area (Å²) in [6.07, 6.45) is 0.671. The zero-order valence-corrected chi connectivity index (χ0v) is 25.1. The van der Waals surface area contributed by atoms with E-state index in [0.29, 0.717) is 5.75 Å². The van der Waals surface area contributed by atoms with Gasteiger partial charge in [0.05, 0.1) is 13.4 Å². The molecule has 0 aliphatic heterocycles. The second-order valence-corrected chi connectivity index (χ2v) is 10.2. The summed E-state index contributed by atoms with van der Waals surface area (Å²) in [6.45, 7) is 2.17. The molecular weight excluding hydrogens is 578 g/mol. The van der Waals surface area contributed by atoms with Crippen molar-refractivity contribution in [3.05, 3.63) is 118 Å². The number of aromatic amines is 1. The zero-order valence-electron chi connectivity index (χ0n) is 25.1. The van der Waals surface area contributed by atoms with Crippen molar-refractivity contribution in [2.75, 3.05) is 25.6 Å². The van der Waals surface area contributed by atoms with E-state index in [2.05, 4.69) is 15.3 Å². The number of fused-ring (bicyclic) bond motifs is 1. The molecule has 0 unspecified atom stereocenters. The van der Waals surface area contributed by atoms with Gasteiger partial charge in [-0.25, -0.2) is 4.98 Å². The predicted molar refractivity (Wildman–Crippen MR) is 166 cm³/mol. The molecule has 0 saturated heterocycles. The van der Waals surface area contributed by atoms with E-state index in [1.165, 1.54) is 20.2 Å². The van der Waals surface area contributed by atoms with Gasteiger partial charge in [-0.2, -0.15) is 4.98 Å². The second kappa shape index (κ2) is 13.9. The Kier molecular flexibility index (Phi) is 9.54. The molecule has 232 valence electrons. The van der Waals surface area contributed by atoms with Gasteiger partial charge in [0.15, 0.2) is 11.2 Å². The van der Waals surface area contributed by atoms with Crippen LogP contribution in [0.5, 0.6) is 5.75 Å². The van der Waals surface area contributed by atoms with Crippen molar-refractivity contribution >= 4 is 29.1 Å². The van der Waals surface area contributed by atoms with Crippen molar-refractivity contribution in [3.8, 4) is 5.75 Å². The first kappa shape index (κ1) is 31.0. The van der Waals surface area contributed by atoms with E-state index in [9.17, 15) is 14.4 Å². The van der Waals surface area contributed by atoms with Crippen LogP contribution in [0.25, 0.3) is 11.2 Å². The highest BCUT2D eigenvalue weighted by Crippen LogP contribution is 2.40. The molecule has 0 aliphatic rings. The first-order chi connectivity index (χ1) is 21.8. The van der Waals surface area contributed by atoms with E-state index in [-0.39, 0.29) is 37.1 Å². The maximum atomic E-state index is 13.3. The van der Waals surface area contributed by atoms with Crippen LogP contribution in [-0.4, -0.2) is 57.9 Å². The third-order valence-electron chi connectivity index (χ3n) is 7.11. The van der Waals surface area contributed by atoms with Crippen LogP contribution in [0.4, 0.5) is 5.95 Å². The zero-order chi connectivity index (χ0) is 31.8. The Bertz CT molecular complexity index is 1750. The van der Waals surface area contributed by atoms with Crippen molar-refractivity contribution in [2.45, 2.75) is 32.2 Å². The average Bonchev–Trinajstić information content (AvgIpc) is 3.47. The van der Waals surface area contributed by atoms with Crippen LogP contribution in [-0.2, 0) is 36.1 Å². The number of ether oxygens (including phenoxy) is 4. The number of imidazole rings is 1. The van der Waals surface area contributed by atoms with Crippen LogP contribution < -0.4 is 15.6 Å². The van der Waals surface area contributed by atoms with Crippen LogP contribution in [0.2, 0.25) is 0 Å². The lowest BCUT2D eigenvalue weighted by Gasteiger charge is -2.37. The fourth-order valence-corrected chi connectivity index (χ4v) is 4.97. The standard InChI is InChI=1S/C33H33N5O7/c1-22(39)43-18-28(19-44-23(2)40)45-21-38-20-34-29-30(38)35-32(36-31(29)41)37-33(24-10-6-4-7-11-24,25-12-8-5-9-13-25)26-14-16-27(42-3)17-15-26/h4-17,20,28H,18-19,21H2,1-3H3,(H2,35,36,37,41). The number of nitrogens with zero attached hydrogens (tertiary/aromatic N) is 3. The number of carbonyl (C=O) groups is 2. The summed E-state index contributed by atoms with van der Waals surface area (Å²) in [7, 11) is 1.61. The minimum atomic E-state index is -0.987. The normalized spacial score (nSPS) is 11.4. The maximum absolute atomic E-state index is 13.3. The van der Waals surface area contributed by atoms with E-state index in [1.54, 1.807) is 11.7 Å². The number of rotatable bonds is 13. The number of nitrogens with one attached hydrogen (secondary N) is 2. The Labute approximate surface area is 259 Å². The van der Waals surface area contributed by atoms with E-state index in [1.807, 2.05) is 84.9 Å². The van der Waals surface area contributed by atoms with Crippen LogP contribution in [0.15, 0.2) is 96.1 Å². The molecule has 5 rings (SSSR count). The molecule has 0 radical (unpaired) electrons. The van der Waals surface area contributed by atoms with Crippen molar-refractivity contribution in [1.29, 1.82) is 0 Å². The number of hydrogen-bond donors (Lipinski definition) is 2. The molecule has 0 saturated carbocycles. The van der Waals surface area contributed by atoms with Gasteiger partial charge in [-0.15, -0.1) is 0 Å². The molecular formula is C33H33N5O7. The molecule has 0 atom stereocenters. The lowest BCUT2D eigenvalue weighted by atomic mass is 9.77. The Morgan fingerprint density at radius 2 is 1.42 bits per heavy atom. The first-order valence-electron chi connectivity index (χ1n) is 14.2. The highest BCUT2D eigenvalue weighted by molar-refractivity contribution is 5.71. The molecule has 2 aromatic heterocycles. The van der Waals surface area contributed by atoms with Gasteiger partial charge < -0.3 is 24.3 Å². The molecule has 0 bridgehead atoms. The number of hydrogen-bond acceptors (Lipinski definition) is 10. The third-order valence-corrected chi connectivity index (χ3v) is 7.11. The van der Waals surface area contributed by atoms with Gasteiger partial charge >= 0.3 is 11.9 Å². The van der Waals surface area contributed by atoms with Crippen molar-refractivity contribution in [3.63, 3.8) is 0 Å². The van der Waals surface area contributed by atoms with Crippen LogP contribution in [0.1, 0.15) is 30.5 Å². The topological polar surface area (TPSA) is 147 Å². The van der Waals surface area contributed by atoms with Gasteiger partial charge in [0, 0.05) is 13.8 Å². The maximum Gasteiger partial charge on any atom is 0.302 e.